The number of morpholine rings is 1. The Kier molecular flexibility index (Phi) is 6.74. The first-order chi connectivity index (χ1) is 16.6. The van der Waals surface area contributed by atoms with Crippen LogP contribution in [0.1, 0.15) is 12.8 Å². The lowest BCUT2D eigenvalue weighted by molar-refractivity contribution is -0.155. The summed E-state index contributed by atoms with van der Waals surface area (Å²) in [6.07, 6.45) is 8.29. The predicted octanol–water partition coefficient (Wildman–Crippen LogP) is -0.817. The molecule has 2 unspecified atom stereocenters. The molecule has 1 spiro atoms. The smallest absolute Gasteiger partial charge is 0.312 e. The van der Waals surface area contributed by atoms with Crippen molar-refractivity contribution in [1.82, 2.24) is 14.7 Å². The number of hydrogen-bond acceptors (Lipinski definition) is 8. The predicted molar refractivity (Wildman–Crippen MR) is 119 cm³/mol. The molecule has 0 radical (unpaired) electrons. The number of aliphatic hydroxyl groups excluding tert-OH is 1. The first kappa shape index (κ1) is 23.5. The van der Waals surface area contributed by atoms with Gasteiger partial charge < -0.3 is 29.1 Å². The third kappa shape index (κ3) is 3.96. The topological polar surface area (TPSA) is 109 Å². The van der Waals surface area contributed by atoms with Crippen LogP contribution in [0.2, 0.25) is 0 Å². The van der Waals surface area contributed by atoms with Crippen LogP contribution in [0.4, 0.5) is 0 Å². The molecule has 10 nitrogen and oxygen atoms in total. The number of allylic oxidation sites excluding steroid dienone is 1. The van der Waals surface area contributed by atoms with Crippen LogP contribution in [0.15, 0.2) is 24.3 Å². The Bertz CT molecular complexity index is 871. The van der Waals surface area contributed by atoms with Crippen molar-refractivity contribution in [2.45, 2.75) is 30.6 Å². The molecule has 5 heterocycles. The molecule has 5 aliphatic rings. The number of fused-ring (bicyclic) bond motifs is 2. The fourth-order valence-electron chi connectivity index (χ4n) is 5.94. The largest absolute Gasteiger partial charge is 0.465 e. The molecule has 5 rings (SSSR count). The summed E-state index contributed by atoms with van der Waals surface area (Å²) in [6.45, 7) is 4.63. The Morgan fingerprint density at radius 1 is 1.03 bits per heavy atom. The van der Waals surface area contributed by atoms with Gasteiger partial charge in [0.1, 0.15) is 17.6 Å². The molecule has 2 amide bonds. The molecule has 0 aromatic heterocycles. The zero-order valence-electron chi connectivity index (χ0n) is 19.3. The lowest BCUT2D eigenvalue weighted by Gasteiger charge is -2.36. The van der Waals surface area contributed by atoms with Crippen LogP contribution in [0.5, 0.6) is 0 Å². The molecule has 5 aliphatic heterocycles. The highest BCUT2D eigenvalue weighted by molar-refractivity contribution is 5.99. The molecule has 3 fully saturated rings. The molecule has 0 bridgehead atoms. The number of aliphatic hydroxyl groups is 1. The summed E-state index contributed by atoms with van der Waals surface area (Å²) in [4.78, 5) is 46.0. The van der Waals surface area contributed by atoms with Gasteiger partial charge in [-0.05, 0) is 12.8 Å². The number of hydrogen-bond donors (Lipinski definition) is 1. The van der Waals surface area contributed by atoms with E-state index in [-0.39, 0.29) is 31.6 Å². The van der Waals surface area contributed by atoms with Crippen molar-refractivity contribution < 1.29 is 33.7 Å². The van der Waals surface area contributed by atoms with E-state index < -0.39 is 35.6 Å². The Morgan fingerprint density at radius 2 is 1.85 bits per heavy atom. The second-order valence-corrected chi connectivity index (χ2v) is 9.48. The molecule has 0 aromatic rings. The highest BCUT2D eigenvalue weighted by Gasteiger charge is 2.71. The summed E-state index contributed by atoms with van der Waals surface area (Å²) in [5.74, 6) is -2.73. The average Bonchev–Trinajstić information content (AvgIpc) is 3.24. The molecule has 0 saturated carbocycles. The number of carbonyl (C=O) groups excluding carboxylic acids is 3. The first-order valence-corrected chi connectivity index (χ1v) is 12.3. The fourth-order valence-corrected chi connectivity index (χ4v) is 5.94. The van der Waals surface area contributed by atoms with Crippen LogP contribution in [0, 0.1) is 11.8 Å². The number of ether oxygens (including phenoxy) is 3. The highest BCUT2D eigenvalue weighted by Crippen LogP contribution is 2.52. The van der Waals surface area contributed by atoms with Crippen LogP contribution in [0.25, 0.3) is 0 Å². The van der Waals surface area contributed by atoms with Crippen molar-refractivity contribution in [2.24, 2.45) is 11.8 Å². The number of β-amino-alcohol motifs (C(OH)–C–C–N with tert-alkyl or cyclic N) is 1. The zero-order valence-corrected chi connectivity index (χ0v) is 19.3. The van der Waals surface area contributed by atoms with Crippen LogP contribution in [-0.2, 0) is 28.6 Å². The normalized spacial score (nSPS) is 37.3. The maximum atomic E-state index is 13.9. The minimum absolute atomic E-state index is 0.00423. The summed E-state index contributed by atoms with van der Waals surface area (Å²) in [7, 11) is 0. The maximum Gasteiger partial charge on any atom is 0.312 e. The third-order valence-electron chi connectivity index (χ3n) is 7.57. The zero-order chi connectivity index (χ0) is 23.7. The van der Waals surface area contributed by atoms with Crippen LogP contribution in [0.3, 0.4) is 0 Å². The van der Waals surface area contributed by atoms with Crippen molar-refractivity contribution >= 4 is 17.8 Å². The summed E-state index contributed by atoms with van der Waals surface area (Å²) in [5, 5.41) is 9.70. The Morgan fingerprint density at radius 3 is 2.65 bits per heavy atom. The summed E-state index contributed by atoms with van der Waals surface area (Å²) < 4.78 is 17.4. The van der Waals surface area contributed by atoms with E-state index in [0.717, 1.165) is 19.5 Å². The van der Waals surface area contributed by atoms with Gasteiger partial charge in [0.25, 0.3) is 0 Å². The number of carbonyl (C=O) groups is 3. The average molecular weight is 476 g/mol. The molecular formula is C24H33N3O7. The number of cyclic esters (lactones) is 1. The van der Waals surface area contributed by atoms with Crippen LogP contribution >= 0.6 is 0 Å². The minimum Gasteiger partial charge on any atom is -0.465 e. The number of amides is 2. The molecule has 1 N–H and O–H groups in total. The number of nitrogens with zero attached hydrogens (tertiary/aromatic N) is 3. The van der Waals surface area contributed by atoms with Gasteiger partial charge in [-0.1, -0.05) is 24.3 Å². The molecule has 0 aromatic carbocycles. The van der Waals surface area contributed by atoms with Crippen LogP contribution < -0.4 is 0 Å². The number of esters is 1. The minimum atomic E-state index is -1.27. The van der Waals surface area contributed by atoms with Crippen molar-refractivity contribution in [1.29, 1.82) is 0 Å². The molecule has 34 heavy (non-hydrogen) atoms. The van der Waals surface area contributed by atoms with E-state index in [0.29, 0.717) is 39.3 Å². The third-order valence-corrected chi connectivity index (χ3v) is 7.57. The molecule has 186 valence electrons. The van der Waals surface area contributed by atoms with Gasteiger partial charge in [0.15, 0.2) is 0 Å². The van der Waals surface area contributed by atoms with Gasteiger partial charge in [-0.15, -0.1) is 0 Å². The van der Waals surface area contributed by atoms with E-state index >= 15 is 0 Å². The molecule has 3 saturated heterocycles. The maximum absolute atomic E-state index is 13.9. The van der Waals surface area contributed by atoms with Gasteiger partial charge in [0, 0.05) is 39.3 Å². The van der Waals surface area contributed by atoms with Gasteiger partial charge in [-0.2, -0.15) is 0 Å². The van der Waals surface area contributed by atoms with Gasteiger partial charge in [-0.3, -0.25) is 19.3 Å². The second-order valence-electron chi connectivity index (χ2n) is 9.48. The molecule has 0 aliphatic carbocycles. The molecular weight excluding hydrogens is 442 g/mol. The van der Waals surface area contributed by atoms with Gasteiger partial charge in [-0.25, -0.2) is 0 Å². The Labute approximate surface area is 199 Å². The summed E-state index contributed by atoms with van der Waals surface area (Å²) in [5.41, 5.74) is -1.27. The quantitative estimate of drug-likeness (QED) is 0.406. The van der Waals surface area contributed by atoms with E-state index in [2.05, 4.69) is 4.90 Å². The van der Waals surface area contributed by atoms with E-state index in [9.17, 15) is 19.5 Å². The lowest BCUT2D eigenvalue weighted by atomic mass is 9.78. The Hall–Kier alpha value is -2.27. The Balaban J connectivity index is 1.46. The number of likely N-dealkylation sites (tertiary alicyclic amines) is 1. The molecule has 5 atom stereocenters. The molecule has 10 heteroatoms. The van der Waals surface area contributed by atoms with E-state index in [1.165, 1.54) is 4.90 Å². The van der Waals surface area contributed by atoms with E-state index in [1.54, 1.807) is 4.90 Å². The fraction of sp³-hybridized carbons (Fsp3) is 0.708. The van der Waals surface area contributed by atoms with Gasteiger partial charge in [0.2, 0.25) is 11.8 Å². The van der Waals surface area contributed by atoms with E-state index in [1.807, 2.05) is 24.3 Å². The number of rotatable bonds is 5. The van der Waals surface area contributed by atoms with E-state index in [4.69, 9.17) is 14.2 Å². The van der Waals surface area contributed by atoms with Gasteiger partial charge in [0.05, 0.1) is 38.4 Å². The van der Waals surface area contributed by atoms with Gasteiger partial charge >= 0.3 is 5.97 Å². The van der Waals surface area contributed by atoms with Crippen molar-refractivity contribution in [3.05, 3.63) is 24.3 Å². The standard InChI is InChI=1S/C24H33N3O7/c28-13-10-27-20-22(30)26(9-8-25-11-15-32-16-12-25)7-4-6-24(20)19(21(27)29)18-17(34-24)5-2-1-3-14-33-23(18)31/h2,4-6,17-20,28H,1,3,7-16H2/b5-2-/t17-,18?,19+,20-,24?/m1/s1. The van der Waals surface area contributed by atoms with Crippen molar-refractivity contribution in [2.75, 3.05) is 65.7 Å². The second kappa shape index (κ2) is 9.77. The highest BCUT2D eigenvalue weighted by atomic mass is 16.6. The van der Waals surface area contributed by atoms with Crippen molar-refractivity contribution in [3.63, 3.8) is 0 Å². The summed E-state index contributed by atoms with van der Waals surface area (Å²) in [6, 6.07) is -0.933. The SMILES string of the molecule is O=C1OCCC/C=C\[C@H]2OC34C=CCN(CCN5CCOCC5)C(=O)[C@H]3N(CCO)C(=O)[C@@H]4C12. The van der Waals surface area contributed by atoms with Crippen molar-refractivity contribution in [3.8, 4) is 0 Å². The first-order valence-electron chi connectivity index (χ1n) is 12.3. The lowest BCUT2D eigenvalue weighted by Crippen LogP contribution is -2.56. The monoisotopic (exact) mass is 475 g/mol. The summed E-state index contributed by atoms with van der Waals surface area (Å²) >= 11 is 0. The van der Waals surface area contributed by atoms with Crippen LogP contribution in [-0.4, -0.2) is 121 Å².